The number of aryl methyl sites for hydroxylation is 3. The van der Waals surface area contributed by atoms with Crippen LogP contribution in [0.25, 0.3) is 0 Å². The van der Waals surface area contributed by atoms with E-state index in [9.17, 15) is 0 Å². The molecule has 1 fully saturated rings. The first-order valence-electron chi connectivity index (χ1n) is 6.28. The quantitative estimate of drug-likeness (QED) is 0.862. The number of β-amino-alcohol motifs (C(OH)–C–C–N with tert-alkyl or cyclic N) is 1. The van der Waals surface area contributed by atoms with E-state index in [1.807, 2.05) is 0 Å². The minimum atomic E-state index is 0.250. The molecule has 0 radical (unpaired) electrons. The molecular formula is C14H22N2O. The molecule has 1 aliphatic rings. The summed E-state index contributed by atoms with van der Waals surface area (Å²) in [5, 5.41) is 8.97. The largest absolute Gasteiger partial charge is 0.395 e. The van der Waals surface area contributed by atoms with Crippen LogP contribution in [-0.2, 0) is 0 Å². The Labute approximate surface area is 104 Å². The highest BCUT2D eigenvalue weighted by atomic mass is 16.3. The molecule has 2 rings (SSSR count). The summed E-state index contributed by atoms with van der Waals surface area (Å²) in [6.07, 6.45) is 0. The van der Waals surface area contributed by atoms with Crippen molar-refractivity contribution in [1.82, 2.24) is 4.90 Å². The fourth-order valence-electron chi connectivity index (χ4n) is 2.82. The standard InChI is InChI=1S/C14H22N2O/c1-11-8-12(2)14(13(3)9-11)16-5-4-15(10-16)6-7-17/h8-9,17H,4-7,10H2,1-3H3. The van der Waals surface area contributed by atoms with Crippen molar-refractivity contribution in [1.29, 1.82) is 0 Å². The Morgan fingerprint density at radius 3 is 2.35 bits per heavy atom. The molecule has 0 spiro atoms. The molecular weight excluding hydrogens is 212 g/mol. The lowest BCUT2D eigenvalue weighted by Crippen LogP contribution is -2.28. The van der Waals surface area contributed by atoms with E-state index < -0.39 is 0 Å². The van der Waals surface area contributed by atoms with Crippen LogP contribution in [0.5, 0.6) is 0 Å². The lowest BCUT2D eigenvalue weighted by Gasteiger charge is -2.24. The van der Waals surface area contributed by atoms with Crippen molar-refractivity contribution < 1.29 is 5.11 Å². The lowest BCUT2D eigenvalue weighted by atomic mass is 10.0. The average molecular weight is 234 g/mol. The maximum atomic E-state index is 8.97. The summed E-state index contributed by atoms with van der Waals surface area (Å²) >= 11 is 0. The molecule has 1 saturated heterocycles. The van der Waals surface area contributed by atoms with Crippen LogP contribution in [0.2, 0.25) is 0 Å². The molecule has 0 atom stereocenters. The fourth-order valence-corrected chi connectivity index (χ4v) is 2.82. The van der Waals surface area contributed by atoms with Gasteiger partial charge in [-0.25, -0.2) is 0 Å². The van der Waals surface area contributed by atoms with Gasteiger partial charge in [0.1, 0.15) is 0 Å². The highest BCUT2D eigenvalue weighted by molar-refractivity contribution is 5.60. The number of anilines is 1. The molecule has 1 aromatic rings. The highest BCUT2D eigenvalue weighted by Gasteiger charge is 2.21. The van der Waals surface area contributed by atoms with Crippen LogP contribution in [0.15, 0.2) is 12.1 Å². The van der Waals surface area contributed by atoms with Crippen molar-refractivity contribution in [3.8, 4) is 0 Å². The van der Waals surface area contributed by atoms with Crippen LogP contribution in [0, 0.1) is 20.8 Å². The zero-order valence-corrected chi connectivity index (χ0v) is 11.0. The summed E-state index contributed by atoms with van der Waals surface area (Å²) in [6, 6.07) is 4.49. The maximum Gasteiger partial charge on any atom is 0.0709 e. The van der Waals surface area contributed by atoms with Crippen molar-refractivity contribution >= 4 is 5.69 Å². The topological polar surface area (TPSA) is 26.7 Å². The SMILES string of the molecule is Cc1cc(C)c(N2CCN(CCO)C2)c(C)c1. The number of aliphatic hydroxyl groups is 1. The molecule has 0 amide bonds. The second-order valence-electron chi connectivity index (χ2n) is 4.99. The lowest BCUT2D eigenvalue weighted by molar-refractivity contribution is 0.222. The molecule has 3 heteroatoms. The number of rotatable bonds is 3. The van der Waals surface area contributed by atoms with Crippen molar-refractivity contribution in [2.75, 3.05) is 37.8 Å². The first kappa shape index (κ1) is 12.4. The first-order valence-corrected chi connectivity index (χ1v) is 6.28. The van der Waals surface area contributed by atoms with Crippen LogP contribution in [0.3, 0.4) is 0 Å². The van der Waals surface area contributed by atoms with E-state index in [1.165, 1.54) is 22.4 Å². The van der Waals surface area contributed by atoms with Crippen molar-refractivity contribution in [3.05, 3.63) is 28.8 Å². The molecule has 0 bridgehead atoms. The first-order chi connectivity index (χ1) is 8.11. The molecule has 1 heterocycles. The van der Waals surface area contributed by atoms with E-state index in [4.69, 9.17) is 5.11 Å². The minimum absolute atomic E-state index is 0.250. The average Bonchev–Trinajstić information content (AvgIpc) is 2.65. The molecule has 94 valence electrons. The Balaban J connectivity index is 2.19. The van der Waals surface area contributed by atoms with Gasteiger partial charge in [-0.1, -0.05) is 17.7 Å². The minimum Gasteiger partial charge on any atom is -0.395 e. The summed E-state index contributed by atoms with van der Waals surface area (Å²) in [5.41, 5.74) is 5.41. The van der Waals surface area contributed by atoms with E-state index >= 15 is 0 Å². The summed E-state index contributed by atoms with van der Waals surface area (Å²) in [5.74, 6) is 0. The third-order valence-electron chi connectivity index (χ3n) is 3.42. The van der Waals surface area contributed by atoms with E-state index in [2.05, 4.69) is 42.7 Å². The predicted molar refractivity (Wildman–Crippen MR) is 71.5 cm³/mol. The van der Waals surface area contributed by atoms with Crippen LogP contribution >= 0.6 is 0 Å². The Hall–Kier alpha value is -1.06. The van der Waals surface area contributed by atoms with Crippen LogP contribution < -0.4 is 4.90 Å². The molecule has 0 unspecified atom stereocenters. The number of hydrogen-bond acceptors (Lipinski definition) is 3. The van der Waals surface area contributed by atoms with Gasteiger partial charge in [0.15, 0.2) is 0 Å². The normalized spacial score (nSPS) is 16.8. The molecule has 0 aromatic heterocycles. The Morgan fingerprint density at radius 2 is 1.76 bits per heavy atom. The van der Waals surface area contributed by atoms with Gasteiger partial charge in [0.05, 0.1) is 13.3 Å². The van der Waals surface area contributed by atoms with E-state index in [0.717, 1.165) is 26.3 Å². The van der Waals surface area contributed by atoms with Crippen molar-refractivity contribution in [2.45, 2.75) is 20.8 Å². The molecule has 17 heavy (non-hydrogen) atoms. The fraction of sp³-hybridized carbons (Fsp3) is 0.571. The van der Waals surface area contributed by atoms with Gasteiger partial charge < -0.3 is 10.0 Å². The second-order valence-corrected chi connectivity index (χ2v) is 4.99. The van der Waals surface area contributed by atoms with Crippen LogP contribution in [-0.4, -0.2) is 42.9 Å². The molecule has 3 nitrogen and oxygen atoms in total. The Bertz CT molecular complexity index is 380. The Morgan fingerprint density at radius 1 is 1.12 bits per heavy atom. The van der Waals surface area contributed by atoms with E-state index in [-0.39, 0.29) is 6.61 Å². The summed E-state index contributed by atoms with van der Waals surface area (Å²) < 4.78 is 0. The third kappa shape index (κ3) is 2.61. The summed E-state index contributed by atoms with van der Waals surface area (Å²) in [4.78, 5) is 4.71. The zero-order chi connectivity index (χ0) is 12.4. The van der Waals surface area contributed by atoms with Gasteiger partial charge in [0, 0.05) is 25.3 Å². The monoisotopic (exact) mass is 234 g/mol. The number of benzene rings is 1. The van der Waals surface area contributed by atoms with Gasteiger partial charge in [-0.05, 0) is 31.9 Å². The van der Waals surface area contributed by atoms with E-state index in [0.29, 0.717) is 0 Å². The molecule has 0 aliphatic carbocycles. The summed E-state index contributed by atoms with van der Waals surface area (Å²) in [7, 11) is 0. The molecule has 1 aromatic carbocycles. The zero-order valence-electron chi connectivity index (χ0n) is 11.0. The predicted octanol–water partition coefficient (Wildman–Crippen LogP) is 1.68. The van der Waals surface area contributed by atoms with Gasteiger partial charge in [-0.15, -0.1) is 0 Å². The van der Waals surface area contributed by atoms with Crippen molar-refractivity contribution in [2.24, 2.45) is 0 Å². The van der Waals surface area contributed by atoms with Crippen LogP contribution in [0.1, 0.15) is 16.7 Å². The molecule has 0 saturated carbocycles. The smallest absolute Gasteiger partial charge is 0.0709 e. The number of nitrogens with zero attached hydrogens (tertiary/aromatic N) is 2. The molecule has 1 aliphatic heterocycles. The number of aliphatic hydroxyl groups excluding tert-OH is 1. The number of hydrogen-bond donors (Lipinski definition) is 1. The second kappa shape index (κ2) is 5.07. The van der Waals surface area contributed by atoms with Gasteiger partial charge in [0.2, 0.25) is 0 Å². The van der Waals surface area contributed by atoms with Gasteiger partial charge in [0.25, 0.3) is 0 Å². The van der Waals surface area contributed by atoms with Gasteiger partial charge >= 0.3 is 0 Å². The molecule has 1 N–H and O–H groups in total. The van der Waals surface area contributed by atoms with Gasteiger partial charge in [-0.3, -0.25) is 4.90 Å². The van der Waals surface area contributed by atoms with Crippen molar-refractivity contribution in [3.63, 3.8) is 0 Å². The van der Waals surface area contributed by atoms with Gasteiger partial charge in [-0.2, -0.15) is 0 Å². The third-order valence-corrected chi connectivity index (χ3v) is 3.42. The van der Waals surface area contributed by atoms with Crippen LogP contribution in [0.4, 0.5) is 5.69 Å². The summed E-state index contributed by atoms with van der Waals surface area (Å²) in [6.45, 7) is 10.6. The Kier molecular flexibility index (Phi) is 3.69. The van der Waals surface area contributed by atoms with E-state index in [1.54, 1.807) is 0 Å². The highest BCUT2D eigenvalue weighted by Crippen LogP contribution is 2.28. The maximum absolute atomic E-state index is 8.97.